The molecule has 1 aromatic rings. The van der Waals surface area contributed by atoms with Crippen LogP contribution in [0.4, 0.5) is 5.82 Å². The molecule has 0 amide bonds. The Labute approximate surface area is 97.9 Å². The molecule has 0 aliphatic heterocycles. The van der Waals surface area contributed by atoms with Gasteiger partial charge in [0.25, 0.3) is 0 Å². The van der Waals surface area contributed by atoms with Crippen LogP contribution in [-0.2, 0) is 6.54 Å². The third kappa shape index (κ3) is 2.95. The van der Waals surface area contributed by atoms with Crippen molar-refractivity contribution in [2.24, 2.45) is 0 Å². The number of pyridine rings is 1. The highest BCUT2D eigenvalue weighted by atomic mass is 15.2. The molecule has 1 saturated carbocycles. The lowest BCUT2D eigenvalue weighted by molar-refractivity contribution is 0.252. The van der Waals surface area contributed by atoms with Crippen LogP contribution in [-0.4, -0.2) is 29.5 Å². The van der Waals surface area contributed by atoms with Gasteiger partial charge in [-0.15, -0.1) is 0 Å². The summed E-state index contributed by atoms with van der Waals surface area (Å²) in [6.07, 6.45) is 3.96. The predicted molar refractivity (Wildman–Crippen MR) is 67.5 cm³/mol. The molecule has 1 aliphatic carbocycles. The number of rotatable bonds is 6. The third-order valence-electron chi connectivity index (χ3n) is 3.00. The van der Waals surface area contributed by atoms with Crippen LogP contribution in [0.15, 0.2) is 18.2 Å². The van der Waals surface area contributed by atoms with Crippen LogP contribution in [0.5, 0.6) is 0 Å². The van der Waals surface area contributed by atoms with Gasteiger partial charge in [-0.05, 0) is 37.9 Å². The number of hydrogen-bond acceptors (Lipinski definition) is 3. The lowest BCUT2D eigenvalue weighted by Crippen LogP contribution is -2.26. The molecule has 0 saturated heterocycles. The Morgan fingerprint density at radius 2 is 2.25 bits per heavy atom. The molecule has 88 valence electrons. The van der Waals surface area contributed by atoms with Gasteiger partial charge in [-0.25, -0.2) is 4.98 Å². The molecule has 3 nitrogen and oxygen atoms in total. The lowest BCUT2D eigenvalue weighted by atomic mass is 10.3. The first kappa shape index (κ1) is 11.4. The molecular weight excluding hydrogens is 198 g/mol. The largest absolute Gasteiger partial charge is 0.373 e. The number of aromatic nitrogens is 1. The monoisotopic (exact) mass is 219 g/mol. The van der Waals surface area contributed by atoms with Crippen molar-refractivity contribution in [3.8, 4) is 0 Å². The van der Waals surface area contributed by atoms with E-state index >= 15 is 0 Å². The highest BCUT2D eigenvalue weighted by Crippen LogP contribution is 2.28. The van der Waals surface area contributed by atoms with E-state index in [-0.39, 0.29) is 0 Å². The predicted octanol–water partition coefficient (Wildman–Crippen LogP) is 2.50. The zero-order valence-electron chi connectivity index (χ0n) is 10.2. The Morgan fingerprint density at radius 3 is 2.88 bits per heavy atom. The van der Waals surface area contributed by atoms with Crippen LogP contribution in [0.3, 0.4) is 0 Å². The van der Waals surface area contributed by atoms with Gasteiger partial charge >= 0.3 is 0 Å². The standard InChI is InChI=1S/C13H21N3/c1-3-9-16(12-7-8-12)10-11-5-4-6-13(14-2)15-11/h4-6,12H,3,7-10H2,1-2H3,(H,14,15). The van der Waals surface area contributed by atoms with E-state index in [1.54, 1.807) is 0 Å². The minimum Gasteiger partial charge on any atom is -0.373 e. The fourth-order valence-corrected chi connectivity index (χ4v) is 2.03. The molecule has 0 aromatic carbocycles. The van der Waals surface area contributed by atoms with E-state index in [9.17, 15) is 0 Å². The molecular formula is C13H21N3. The Hall–Kier alpha value is -1.09. The highest BCUT2D eigenvalue weighted by molar-refractivity contribution is 5.34. The minimum atomic E-state index is 0.819. The fourth-order valence-electron chi connectivity index (χ4n) is 2.03. The molecule has 1 aliphatic rings. The molecule has 1 fully saturated rings. The summed E-state index contributed by atoms with van der Waals surface area (Å²) in [5, 5.41) is 3.09. The van der Waals surface area contributed by atoms with Gasteiger partial charge in [-0.1, -0.05) is 13.0 Å². The van der Waals surface area contributed by atoms with Crippen molar-refractivity contribution < 1.29 is 0 Å². The van der Waals surface area contributed by atoms with E-state index in [1.165, 1.54) is 31.5 Å². The molecule has 1 heterocycles. The van der Waals surface area contributed by atoms with Crippen molar-refractivity contribution in [1.82, 2.24) is 9.88 Å². The van der Waals surface area contributed by atoms with Crippen molar-refractivity contribution in [3.63, 3.8) is 0 Å². The van der Waals surface area contributed by atoms with Gasteiger partial charge in [-0.2, -0.15) is 0 Å². The molecule has 1 N–H and O–H groups in total. The fraction of sp³-hybridized carbons (Fsp3) is 0.615. The topological polar surface area (TPSA) is 28.2 Å². The smallest absolute Gasteiger partial charge is 0.126 e. The summed E-state index contributed by atoms with van der Waals surface area (Å²) in [4.78, 5) is 7.13. The van der Waals surface area contributed by atoms with Crippen molar-refractivity contribution in [3.05, 3.63) is 23.9 Å². The van der Waals surface area contributed by atoms with Crippen LogP contribution in [0, 0.1) is 0 Å². The maximum Gasteiger partial charge on any atom is 0.126 e. The molecule has 0 radical (unpaired) electrons. The first-order valence-electron chi connectivity index (χ1n) is 6.21. The molecule has 0 unspecified atom stereocenters. The van der Waals surface area contributed by atoms with Crippen LogP contribution >= 0.6 is 0 Å². The maximum atomic E-state index is 4.57. The average Bonchev–Trinajstić information content (AvgIpc) is 3.13. The minimum absolute atomic E-state index is 0.819. The summed E-state index contributed by atoms with van der Waals surface area (Å²) in [5.41, 5.74) is 1.17. The van der Waals surface area contributed by atoms with E-state index in [4.69, 9.17) is 0 Å². The average molecular weight is 219 g/mol. The summed E-state index contributed by atoms with van der Waals surface area (Å²) >= 11 is 0. The van der Waals surface area contributed by atoms with Crippen LogP contribution < -0.4 is 5.32 Å². The van der Waals surface area contributed by atoms with E-state index < -0.39 is 0 Å². The second-order valence-corrected chi connectivity index (χ2v) is 4.47. The Bertz CT molecular complexity index is 334. The van der Waals surface area contributed by atoms with Gasteiger partial charge in [0.1, 0.15) is 5.82 Å². The summed E-state index contributed by atoms with van der Waals surface area (Å²) < 4.78 is 0. The Kier molecular flexibility index (Phi) is 3.78. The second kappa shape index (κ2) is 5.30. The highest BCUT2D eigenvalue weighted by Gasteiger charge is 2.28. The van der Waals surface area contributed by atoms with Crippen molar-refractivity contribution in [2.45, 2.75) is 38.8 Å². The van der Waals surface area contributed by atoms with Crippen molar-refractivity contribution in [2.75, 3.05) is 18.9 Å². The van der Waals surface area contributed by atoms with Gasteiger partial charge in [0.15, 0.2) is 0 Å². The Morgan fingerprint density at radius 1 is 1.44 bits per heavy atom. The first-order valence-corrected chi connectivity index (χ1v) is 6.21. The molecule has 0 bridgehead atoms. The van der Waals surface area contributed by atoms with Gasteiger partial charge in [0, 0.05) is 19.6 Å². The number of nitrogens with one attached hydrogen (secondary N) is 1. The van der Waals surface area contributed by atoms with Crippen LogP contribution in [0.2, 0.25) is 0 Å². The molecule has 2 rings (SSSR count). The summed E-state index contributed by atoms with van der Waals surface area (Å²) in [6, 6.07) is 7.02. The van der Waals surface area contributed by atoms with Crippen LogP contribution in [0.1, 0.15) is 31.9 Å². The van der Waals surface area contributed by atoms with Gasteiger partial charge in [-0.3, -0.25) is 4.90 Å². The van der Waals surface area contributed by atoms with E-state index in [0.717, 1.165) is 18.4 Å². The number of nitrogens with zero attached hydrogens (tertiary/aromatic N) is 2. The van der Waals surface area contributed by atoms with Crippen molar-refractivity contribution >= 4 is 5.82 Å². The van der Waals surface area contributed by atoms with Crippen molar-refractivity contribution in [1.29, 1.82) is 0 Å². The summed E-state index contributed by atoms with van der Waals surface area (Å²) in [7, 11) is 1.91. The van der Waals surface area contributed by atoms with Crippen LogP contribution in [0.25, 0.3) is 0 Å². The first-order chi connectivity index (χ1) is 7.83. The SMILES string of the molecule is CCCN(Cc1cccc(NC)n1)C1CC1. The number of anilines is 1. The summed E-state index contributed by atoms with van der Waals surface area (Å²) in [6.45, 7) is 4.43. The van der Waals surface area contributed by atoms with Gasteiger partial charge in [0.05, 0.1) is 5.69 Å². The molecule has 1 aromatic heterocycles. The lowest BCUT2D eigenvalue weighted by Gasteiger charge is -2.20. The Balaban J connectivity index is 1.99. The second-order valence-electron chi connectivity index (χ2n) is 4.47. The number of hydrogen-bond donors (Lipinski definition) is 1. The zero-order valence-corrected chi connectivity index (χ0v) is 10.2. The normalized spacial score (nSPS) is 15.4. The van der Waals surface area contributed by atoms with Gasteiger partial charge < -0.3 is 5.32 Å². The van der Waals surface area contributed by atoms with E-state index in [2.05, 4.69) is 34.3 Å². The molecule has 0 atom stereocenters. The van der Waals surface area contributed by atoms with Gasteiger partial charge in [0.2, 0.25) is 0 Å². The third-order valence-corrected chi connectivity index (χ3v) is 3.00. The molecule has 3 heteroatoms. The molecule has 0 spiro atoms. The zero-order chi connectivity index (χ0) is 11.4. The summed E-state index contributed by atoms with van der Waals surface area (Å²) in [5.74, 6) is 0.963. The maximum absolute atomic E-state index is 4.57. The van der Waals surface area contributed by atoms with E-state index in [1.807, 2.05) is 13.1 Å². The quantitative estimate of drug-likeness (QED) is 0.796. The molecule has 16 heavy (non-hydrogen) atoms. The van der Waals surface area contributed by atoms with E-state index in [0.29, 0.717) is 0 Å².